The fraction of sp³-hybridized carbons (Fsp3) is 0.0455. The van der Waals surface area contributed by atoms with Crippen molar-refractivity contribution < 1.29 is 0 Å². The van der Waals surface area contributed by atoms with E-state index in [4.69, 9.17) is 4.98 Å². The van der Waals surface area contributed by atoms with E-state index in [-0.39, 0.29) is 0 Å². The first-order valence-electron chi connectivity index (χ1n) is 8.87. The van der Waals surface area contributed by atoms with E-state index in [2.05, 4.69) is 27.6 Å². The van der Waals surface area contributed by atoms with Crippen molar-refractivity contribution in [1.82, 2.24) is 19.6 Å². The molecule has 2 heterocycles. The van der Waals surface area contributed by atoms with Gasteiger partial charge in [-0.3, -0.25) is 0 Å². The van der Waals surface area contributed by atoms with Crippen molar-refractivity contribution in [2.24, 2.45) is 0 Å². The summed E-state index contributed by atoms with van der Waals surface area (Å²) in [4.78, 5) is 4.85. The van der Waals surface area contributed by atoms with Crippen LogP contribution in [-0.4, -0.2) is 19.6 Å². The second kappa shape index (κ2) is 6.53. The molecule has 0 saturated heterocycles. The molecule has 1 N–H and O–H groups in total. The van der Waals surface area contributed by atoms with Gasteiger partial charge in [0.2, 0.25) is 5.95 Å². The van der Waals surface area contributed by atoms with Crippen LogP contribution in [0, 0.1) is 0 Å². The number of aromatic nitrogens is 4. The van der Waals surface area contributed by atoms with Gasteiger partial charge in [0.15, 0.2) is 11.5 Å². The molecule has 5 heteroatoms. The third kappa shape index (κ3) is 2.79. The number of nitrogens with one attached hydrogen (secondary N) is 1. The van der Waals surface area contributed by atoms with E-state index in [1.165, 1.54) is 5.56 Å². The average Bonchev–Trinajstić information content (AvgIpc) is 3.19. The Kier molecular flexibility index (Phi) is 3.76. The Balaban J connectivity index is 1.70. The highest BCUT2D eigenvalue weighted by Crippen LogP contribution is 2.26. The van der Waals surface area contributed by atoms with Crippen molar-refractivity contribution in [2.45, 2.75) is 6.54 Å². The first-order valence-corrected chi connectivity index (χ1v) is 8.87. The molecule has 0 atom stereocenters. The van der Waals surface area contributed by atoms with Gasteiger partial charge in [0.1, 0.15) is 0 Å². The minimum atomic E-state index is 0.674. The Morgan fingerprint density at radius 1 is 0.741 bits per heavy atom. The Morgan fingerprint density at radius 2 is 1.44 bits per heavy atom. The van der Waals surface area contributed by atoms with Gasteiger partial charge < -0.3 is 5.32 Å². The van der Waals surface area contributed by atoms with E-state index in [1.54, 1.807) is 0 Å². The lowest BCUT2D eigenvalue weighted by Crippen LogP contribution is -2.08. The minimum Gasteiger partial charge on any atom is -0.351 e. The summed E-state index contributed by atoms with van der Waals surface area (Å²) in [5, 5.41) is 13.4. The highest BCUT2D eigenvalue weighted by atomic mass is 15.3. The molecule has 0 amide bonds. The maximum absolute atomic E-state index is 4.85. The Morgan fingerprint density at radius 3 is 2.26 bits per heavy atom. The van der Waals surface area contributed by atoms with Gasteiger partial charge in [-0.15, -0.1) is 10.2 Å². The number of para-hydroxylation sites is 1. The molecule has 130 valence electrons. The van der Waals surface area contributed by atoms with Gasteiger partial charge in [-0.05, 0) is 17.7 Å². The Bertz CT molecular complexity index is 1210. The highest BCUT2D eigenvalue weighted by molar-refractivity contribution is 5.93. The lowest BCUT2D eigenvalue weighted by Gasteiger charge is -2.11. The molecular weight excluding hydrogens is 334 g/mol. The summed E-state index contributed by atoms with van der Waals surface area (Å²) >= 11 is 0. The number of rotatable bonds is 4. The molecule has 3 aromatic carbocycles. The number of hydrogen-bond donors (Lipinski definition) is 1. The molecule has 0 aliphatic carbocycles. The summed E-state index contributed by atoms with van der Waals surface area (Å²) in [6.45, 7) is 0.674. The molecular formula is C22H17N5. The van der Waals surface area contributed by atoms with Crippen molar-refractivity contribution in [3.05, 3.63) is 90.5 Å². The van der Waals surface area contributed by atoms with Crippen LogP contribution in [0.3, 0.4) is 0 Å². The van der Waals surface area contributed by atoms with Crippen LogP contribution < -0.4 is 5.32 Å². The number of nitrogens with zero attached hydrogens (tertiary/aromatic N) is 4. The van der Waals surface area contributed by atoms with Crippen LogP contribution in [-0.2, 0) is 6.54 Å². The average molecular weight is 351 g/mol. The smallest absolute Gasteiger partial charge is 0.211 e. The molecule has 5 aromatic rings. The zero-order valence-electron chi connectivity index (χ0n) is 14.6. The predicted octanol–water partition coefficient (Wildman–Crippen LogP) is 4.56. The summed E-state index contributed by atoms with van der Waals surface area (Å²) < 4.78 is 2.00. The lowest BCUT2D eigenvalue weighted by molar-refractivity contribution is 1.03. The summed E-state index contributed by atoms with van der Waals surface area (Å²) in [5.74, 6) is 1.51. The quantitative estimate of drug-likeness (QED) is 0.516. The monoisotopic (exact) mass is 351 g/mol. The van der Waals surface area contributed by atoms with Crippen LogP contribution in [0.25, 0.3) is 27.9 Å². The van der Waals surface area contributed by atoms with E-state index in [9.17, 15) is 0 Å². The van der Waals surface area contributed by atoms with Crippen molar-refractivity contribution in [2.75, 3.05) is 5.32 Å². The van der Waals surface area contributed by atoms with Crippen molar-refractivity contribution >= 4 is 22.5 Å². The summed E-state index contributed by atoms with van der Waals surface area (Å²) in [7, 11) is 0. The van der Waals surface area contributed by atoms with Gasteiger partial charge in [0.05, 0.1) is 5.52 Å². The lowest BCUT2D eigenvalue weighted by atomic mass is 10.2. The molecule has 0 spiro atoms. The van der Waals surface area contributed by atoms with Crippen LogP contribution in [0.1, 0.15) is 5.56 Å². The second-order valence-electron chi connectivity index (χ2n) is 6.34. The van der Waals surface area contributed by atoms with Gasteiger partial charge >= 0.3 is 0 Å². The molecule has 2 aromatic heterocycles. The molecule has 0 aliphatic heterocycles. The molecule has 0 fully saturated rings. The highest BCUT2D eigenvalue weighted by Gasteiger charge is 2.15. The fourth-order valence-corrected chi connectivity index (χ4v) is 3.25. The second-order valence-corrected chi connectivity index (χ2v) is 6.34. The maximum atomic E-state index is 4.85. The minimum absolute atomic E-state index is 0.674. The number of fused-ring (bicyclic) bond motifs is 3. The van der Waals surface area contributed by atoms with Crippen LogP contribution in [0.5, 0.6) is 0 Å². The Hall–Kier alpha value is -3.73. The van der Waals surface area contributed by atoms with E-state index in [0.29, 0.717) is 6.54 Å². The largest absolute Gasteiger partial charge is 0.351 e. The number of anilines is 1. The Labute approximate surface area is 156 Å². The topological polar surface area (TPSA) is 55.1 Å². The van der Waals surface area contributed by atoms with Gasteiger partial charge in [0, 0.05) is 17.5 Å². The van der Waals surface area contributed by atoms with Crippen LogP contribution >= 0.6 is 0 Å². The first kappa shape index (κ1) is 15.5. The molecule has 5 nitrogen and oxygen atoms in total. The van der Waals surface area contributed by atoms with Gasteiger partial charge in [-0.1, -0.05) is 72.8 Å². The molecule has 0 saturated carbocycles. The zero-order chi connectivity index (χ0) is 18.1. The summed E-state index contributed by atoms with van der Waals surface area (Å²) in [6.07, 6.45) is 0. The van der Waals surface area contributed by atoms with Gasteiger partial charge in [0.25, 0.3) is 0 Å². The van der Waals surface area contributed by atoms with E-state index in [1.807, 2.05) is 77.2 Å². The predicted molar refractivity (Wildman–Crippen MR) is 107 cm³/mol. The molecule has 0 aliphatic rings. The van der Waals surface area contributed by atoms with Crippen LogP contribution in [0.15, 0.2) is 84.9 Å². The normalized spacial score (nSPS) is 11.1. The number of benzene rings is 3. The van der Waals surface area contributed by atoms with E-state index < -0.39 is 0 Å². The molecule has 0 unspecified atom stereocenters. The molecule has 27 heavy (non-hydrogen) atoms. The van der Waals surface area contributed by atoms with Crippen LogP contribution in [0.4, 0.5) is 5.95 Å². The molecule has 0 radical (unpaired) electrons. The zero-order valence-corrected chi connectivity index (χ0v) is 14.6. The van der Waals surface area contributed by atoms with Gasteiger partial charge in [-0.25, -0.2) is 9.38 Å². The van der Waals surface area contributed by atoms with Crippen molar-refractivity contribution in [3.8, 4) is 11.4 Å². The third-order valence-electron chi connectivity index (χ3n) is 4.57. The van der Waals surface area contributed by atoms with Crippen molar-refractivity contribution in [1.29, 1.82) is 0 Å². The number of hydrogen-bond acceptors (Lipinski definition) is 4. The molecule has 5 rings (SSSR count). The summed E-state index contributed by atoms with van der Waals surface area (Å²) in [6, 6.07) is 28.4. The first-order chi connectivity index (χ1) is 13.4. The molecule has 0 bridgehead atoms. The SMILES string of the molecule is c1ccc(CNc2nc3ccccc3c3nnc(-c4ccccc4)n23)cc1. The van der Waals surface area contributed by atoms with E-state index in [0.717, 1.165) is 33.9 Å². The van der Waals surface area contributed by atoms with Gasteiger partial charge in [-0.2, -0.15) is 0 Å². The summed E-state index contributed by atoms with van der Waals surface area (Å²) in [5.41, 5.74) is 3.89. The van der Waals surface area contributed by atoms with Crippen LogP contribution in [0.2, 0.25) is 0 Å². The maximum Gasteiger partial charge on any atom is 0.211 e. The third-order valence-corrected chi connectivity index (χ3v) is 4.57. The van der Waals surface area contributed by atoms with Crippen molar-refractivity contribution in [3.63, 3.8) is 0 Å². The standard InChI is InChI=1S/C22H17N5/c1-3-9-16(10-4-1)15-23-22-24-19-14-8-7-13-18(19)21-26-25-20(27(21)22)17-11-5-2-6-12-17/h1-14H,15H2,(H,23,24). The fourth-order valence-electron chi connectivity index (χ4n) is 3.25. The van der Waals surface area contributed by atoms with E-state index >= 15 is 0 Å².